The van der Waals surface area contributed by atoms with E-state index in [1.54, 1.807) is 10.9 Å². The van der Waals surface area contributed by atoms with E-state index in [-0.39, 0.29) is 5.97 Å². The van der Waals surface area contributed by atoms with Gasteiger partial charge >= 0.3 is 5.97 Å². The molecule has 1 rings (SSSR count). The SMILES string of the molecule is CC(=O)OC([C]=S)Cc1nncn1C. The molecule has 0 fully saturated rings. The Bertz CT molecular complexity index is 337. The average Bonchev–Trinajstić information content (AvgIpc) is 2.50. The molecule has 0 aliphatic carbocycles. The summed E-state index contributed by atoms with van der Waals surface area (Å²) >= 11 is 4.62. The van der Waals surface area contributed by atoms with Crippen LogP contribution in [0, 0.1) is 0 Å². The van der Waals surface area contributed by atoms with Crippen LogP contribution in [0.2, 0.25) is 0 Å². The molecule has 6 heteroatoms. The largest absolute Gasteiger partial charge is 0.456 e. The summed E-state index contributed by atoms with van der Waals surface area (Å²) in [6.07, 6.45) is 1.44. The van der Waals surface area contributed by atoms with Crippen LogP contribution in [-0.4, -0.2) is 32.2 Å². The molecule has 0 aliphatic rings. The van der Waals surface area contributed by atoms with Gasteiger partial charge in [0.1, 0.15) is 18.3 Å². The van der Waals surface area contributed by atoms with Crippen molar-refractivity contribution in [3.63, 3.8) is 0 Å². The molecule has 0 aromatic carbocycles. The van der Waals surface area contributed by atoms with E-state index in [1.807, 2.05) is 7.05 Å². The summed E-state index contributed by atoms with van der Waals surface area (Å²) in [7, 11) is 1.81. The van der Waals surface area contributed by atoms with E-state index in [1.165, 1.54) is 6.92 Å². The van der Waals surface area contributed by atoms with E-state index in [0.29, 0.717) is 12.2 Å². The molecule has 14 heavy (non-hydrogen) atoms. The number of carbonyl (C=O) groups is 1. The van der Waals surface area contributed by atoms with Crippen molar-refractivity contribution < 1.29 is 9.53 Å². The second-order valence-electron chi connectivity index (χ2n) is 2.78. The van der Waals surface area contributed by atoms with E-state index >= 15 is 0 Å². The minimum absolute atomic E-state index is 0.380. The standard InChI is InChI=1S/C8H10N3O2S/c1-6(12)13-7(4-14)3-8-10-9-5-11(8)2/h5,7H,3H2,1-2H3. The van der Waals surface area contributed by atoms with E-state index in [9.17, 15) is 4.79 Å². The highest BCUT2D eigenvalue weighted by atomic mass is 32.1. The number of hydrogen-bond acceptors (Lipinski definition) is 5. The lowest BCUT2D eigenvalue weighted by molar-refractivity contribution is -0.143. The van der Waals surface area contributed by atoms with Crippen molar-refractivity contribution in [2.75, 3.05) is 0 Å². The second kappa shape index (κ2) is 4.80. The highest BCUT2D eigenvalue weighted by Gasteiger charge is 2.13. The molecule has 1 aromatic rings. The maximum atomic E-state index is 10.7. The molecule has 0 aliphatic heterocycles. The summed E-state index contributed by atoms with van der Waals surface area (Å²) in [6.45, 7) is 1.33. The fourth-order valence-corrected chi connectivity index (χ4v) is 1.10. The Morgan fingerprint density at radius 1 is 1.86 bits per heavy atom. The van der Waals surface area contributed by atoms with Crippen LogP contribution in [0.15, 0.2) is 6.33 Å². The predicted octanol–water partition coefficient (Wildman–Crippen LogP) is 0.166. The summed E-state index contributed by atoms with van der Waals surface area (Å²) in [5, 5.41) is 10.0. The molecular weight excluding hydrogens is 202 g/mol. The van der Waals surface area contributed by atoms with Crippen LogP contribution in [0.1, 0.15) is 12.7 Å². The molecule has 0 bridgehead atoms. The van der Waals surface area contributed by atoms with Crippen LogP contribution in [0.4, 0.5) is 0 Å². The molecule has 0 saturated carbocycles. The molecule has 75 valence electrons. The van der Waals surface area contributed by atoms with E-state index in [2.05, 4.69) is 27.8 Å². The zero-order chi connectivity index (χ0) is 10.6. The summed E-state index contributed by atoms with van der Waals surface area (Å²) in [6, 6.07) is 0. The van der Waals surface area contributed by atoms with Crippen LogP contribution < -0.4 is 0 Å². The lowest BCUT2D eigenvalue weighted by atomic mass is 10.2. The number of aromatic nitrogens is 3. The van der Waals surface area contributed by atoms with Crippen molar-refractivity contribution in [1.82, 2.24) is 14.8 Å². The number of aryl methyl sites for hydroxylation is 1. The third kappa shape index (κ3) is 2.88. The molecule has 0 amide bonds. The Kier molecular flexibility index (Phi) is 3.70. The average molecular weight is 212 g/mol. The highest BCUT2D eigenvalue weighted by molar-refractivity contribution is 7.79. The van der Waals surface area contributed by atoms with Crippen molar-refractivity contribution in [2.24, 2.45) is 7.05 Å². The molecule has 1 radical (unpaired) electrons. The quantitative estimate of drug-likeness (QED) is 0.526. The van der Waals surface area contributed by atoms with Gasteiger partial charge in [-0.2, -0.15) is 0 Å². The second-order valence-corrected chi connectivity index (χ2v) is 3.01. The van der Waals surface area contributed by atoms with Gasteiger partial charge in [-0.25, -0.2) is 0 Å². The summed E-state index contributed by atoms with van der Waals surface area (Å²) < 4.78 is 6.63. The Labute approximate surface area is 87.1 Å². The van der Waals surface area contributed by atoms with Gasteiger partial charge in [0.05, 0.1) is 11.8 Å². The number of hydrogen-bond donors (Lipinski definition) is 0. The molecule has 0 spiro atoms. The van der Waals surface area contributed by atoms with Gasteiger partial charge in [-0.15, -0.1) is 10.2 Å². The van der Waals surface area contributed by atoms with Crippen LogP contribution in [0.3, 0.4) is 0 Å². The zero-order valence-electron chi connectivity index (χ0n) is 7.93. The van der Waals surface area contributed by atoms with Gasteiger partial charge in [-0.1, -0.05) is 12.2 Å². The Morgan fingerprint density at radius 2 is 2.57 bits per heavy atom. The molecule has 1 atom stereocenters. The van der Waals surface area contributed by atoms with Crippen molar-refractivity contribution in [3.05, 3.63) is 12.2 Å². The number of carbonyl (C=O) groups excluding carboxylic acids is 1. The first-order valence-electron chi connectivity index (χ1n) is 4.01. The van der Waals surface area contributed by atoms with E-state index in [4.69, 9.17) is 4.74 Å². The molecule has 0 N–H and O–H groups in total. The molecule has 1 heterocycles. The van der Waals surface area contributed by atoms with Crippen LogP contribution >= 0.6 is 12.2 Å². The molecule has 1 unspecified atom stereocenters. The van der Waals surface area contributed by atoms with Crippen LogP contribution in [-0.2, 0) is 23.0 Å². The number of ether oxygens (including phenoxy) is 1. The number of thiocarbonyl (C=S) groups is 1. The monoisotopic (exact) mass is 212 g/mol. The fourth-order valence-electron chi connectivity index (χ4n) is 0.965. The van der Waals surface area contributed by atoms with Crippen LogP contribution in [0.5, 0.6) is 0 Å². The summed E-state index contributed by atoms with van der Waals surface area (Å²) in [4.78, 5) is 10.7. The summed E-state index contributed by atoms with van der Waals surface area (Å²) in [5.41, 5.74) is 0. The number of esters is 1. The van der Waals surface area contributed by atoms with Gasteiger partial charge in [-0.05, 0) is 0 Å². The lowest BCUT2D eigenvalue weighted by Crippen LogP contribution is -2.21. The molecule has 0 saturated heterocycles. The van der Waals surface area contributed by atoms with Gasteiger partial charge in [0, 0.05) is 14.0 Å². The van der Waals surface area contributed by atoms with Gasteiger partial charge in [-0.3, -0.25) is 4.79 Å². The third-order valence-electron chi connectivity index (χ3n) is 1.61. The van der Waals surface area contributed by atoms with Gasteiger partial charge in [0.2, 0.25) is 0 Å². The van der Waals surface area contributed by atoms with E-state index in [0.717, 1.165) is 0 Å². The Morgan fingerprint density at radius 3 is 3.00 bits per heavy atom. The molecular formula is C8H10N3O2S. The lowest BCUT2D eigenvalue weighted by Gasteiger charge is -2.09. The van der Waals surface area contributed by atoms with Crippen molar-refractivity contribution in [3.8, 4) is 0 Å². The molecule has 1 aromatic heterocycles. The first-order valence-corrected chi connectivity index (χ1v) is 4.42. The van der Waals surface area contributed by atoms with Crippen molar-refractivity contribution in [2.45, 2.75) is 19.4 Å². The maximum absolute atomic E-state index is 10.7. The fraction of sp³-hybridized carbons (Fsp3) is 0.500. The van der Waals surface area contributed by atoms with Crippen molar-refractivity contribution >= 4 is 23.6 Å². The van der Waals surface area contributed by atoms with E-state index < -0.39 is 6.10 Å². The maximum Gasteiger partial charge on any atom is 0.303 e. The van der Waals surface area contributed by atoms with Gasteiger partial charge < -0.3 is 9.30 Å². The normalized spacial score (nSPS) is 12.1. The Hall–Kier alpha value is -1.30. The first kappa shape index (κ1) is 10.8. The third-order valence-corrected chi connectivity index (χ3v) is 1.88. The van der Waals surface area contributed by atoms with Crippen molar-refractivity contribution in [1.29, 1.82) is 0 Å². The predicted molar refractivity (Wildman–Crippen MR) is 52.9 cm³/mol. The number of rotatable bonds is 4. The topological polar surface area (TPSA) is 57.0 Å². The Balaban J connectivity index is 2.61. The van der Waals surface area contributed by atoms with Gasteiger partial charge in [0.25, 0.3) is 0 Å². The van der Waals surface area contributed by atoms with Gasteiger partial charge in [0.15, 0.2) is 0 Å². The first-order chi connectivity index (χ1) is 6.63. The minimum atomic E-state index is -0.537. The smallest absolute Gasteiger partial charge is 0.303 e. The summed E-state index contributed by atoms with van der Waals surface area (Å²) in [5.74, 6) is 0.322. The number of nitrogens with zero attached hydrogens (tertiary/aromatic N) is 3. The van der Waals surface area contributed by atoms with Crippen LogP contribution in [0.25, 0.3) is 0 Å². The highest BCUT2D eigenvalue weighted by Crippen LogP contribution is 2.01. The minimum Gasteiger partial charge on any atom is -0.456 e. The molecule has 5 nitrogen and oxygen atoms in total. The zero-order valence-corrected chi connectivity index (χ0v) is 8.74.